The fourth-order valence-electron chi connectivity index (χ4n) is 1.26. The first-order valence-corrected chi connectivity index (χ1v) is 6.97. The van der Waals surface area contributed by atoms with Crippen LogP contribution in [0.25, 0.3) is 0 Å². The molecule has 0 saturated carbocycles. The van der Waals surface area contributed by atoms with Crippen LogP contribution in [0.2, 0.25) is 10.4 Å². The van der Waals surface area contributed by atoms with Crippen LogP contribution >= 0.6 is 35.0 Å². The second-order valence-electron chi connectivity index (χ2n) is 3.31. The molecule has 0 aliphatic carbocycles. The number of aromatic nitrogens is 3. The minimum atomic E-state index is 0.0811. The number of benzene rings is 1. The first-order chi connectivity index (χ1) is 8.75. The Labute approximate surface area is 119 Å². The fraction of sp³-hybridized carbons (Fsp3) is 0.182. The molecule has 0 fully saturated rings. The number of nitrogens with zero attached hydrogens (tertiary/aromatic N) is 3. The lowest BCUT2D eigenvalue weighted by Crippen LogP contribution is -2.07. The Morgan fingerprint density at radius 1 is 1.11 bits per heavy atom. The van der Waals surface area contributed by atoms with Gasteiger partial charge in [-0.05, 0) is 23.7 Å². The van der Waals surface area contributed by atoms with Crippen molar-refractivity contribution in [3.8, 4) is 0 Å². The molecule has 0 unspecified atom stereocenters. The first-order valence-electron chi connectivity index (χ1n) is 5.23. The van der Waals surface area contributed by atoms with E-state index in [0.717, 1.165) is 5.75 Å². The van der Waals surface area contributed by atoms with Gasteiger partial charge in [0, 0.05) is 17.2 Å². The molecule has 2 aromatic rings. The van der Waals surface area contributed by atoms with Gasteiger partial charge in [0.2, 0.25) is 5.28 Å². The SMILES string of the molecule is Clc1nnc(Cl)c(NCCSc2ccccc2)n1. The topological polar surface area (TPSA) is 50.7 Å². The third kappa shape index (κ3) is 4.01. The number of anilines is 1. The van der Waals surface area contributed by atoms with E-state index in [9.17, 15) is 0 Å². The van der Waals surface area contributed by atoms with Gasteiger partial charge in [-0.1, -0.05) is 29.8 Å². The van der Waals surface area contributed by atoms with Crippen molar-refractivity contribution in [1.82, 2.24) is 15.2 Å². The summed E-state index contributed by atoms with van der Waals surface area (Å²) in [4.78, 5) is 5.18. The van der Waals surface area contributed by atoms with E-state index in [-0.39, 0.29) is 10.4 Å². The van der Waals surface area contributed by atoms with Crippen molar-refractivity contribution in [1.29, 1.82) is 0 Å². The van der Waals surface area contributed by atoms with E-state index in [1.54, 1.807) is 11.8 Å². The smallest absolute Gasteiger partial charge is 0.245 e. The molecule has 0 saturated heterocycles. The van der Waals surface area contributed by atoms with E-state index in [1.807, 2.05) is 18.2 Å². The minimum Gasteiger partial charge on any atom is -0.367 e. The average molecular weight is 301 g/mol. The molecule has 0 aliphatic heterocycles. The zero-order valence-corrected chi connectivity index (χ0v) is 11.6. The Balaban J connectivity index is 1.80. The summed E-state index contributed by atoms with van der Waals surface area (Å²) < 4.78 is 0. The molecule has 1 N–H and O–H groups in total. The van der Waals surface area contributed by atoms with Gasteiger partial charge in [0.1, 0.15) is 0 Å². The van der Waals surface area contributed by atoms with Crippen LogP contribution in [0.5, 0.6) is 0 Å². The van der Waals surface area contributed by atoms with Crippen LogP contribution in [0.15, 0.2) is 35.2 Å². The van der Waals surface area contributed by atoms with Gasteiger partial charge in [-0.25, -0.2) is 0 Å². The van der Waals surface area contributed by atoms with Crippen molar-refractivity contribution in [2.24, 2.45) is 0 Å². The van der Waals surface area contributed by atoms with E-state index < -0.39 is 0 Å². The Kier molecular flexibility index (Phi) is 5.04. The monoisotopic (exact) mass is 300 g/mol. The normalized spacial score (nSPS) is 10.3. The highest BCUT2D eigenvalue weighted by molar-refractivity contribution is 7.99. The van der Waals surface area contributed by atoms with Crippen molar-refractivity contribution in [3.63, 3.8) is 0 Å². The van der Waals surface area contributed by atoms with E-state index >= 15 is 0 Å². The standard InChI is InChI=1S/C11H10Cl2N4S/c12-9-10(15-11(13)17-16-9)14-6-7-18-8-4-2-1-3-5-8/h1-5H,6-7H2,(H,14,15,17). The van der Waals surface area contributed by atoms with Crippen LogP contribution in [0.3, 0.4) is 0 Å². The molecule has 4 nitrogen and oxygen atoms in total. The van der Waals surface area contributed by atoms with Crippen LogP contribution in [0.1, 0.15) is 0 Å². The number of hydrogen-bond donors (Lipinski definition) is 1. The van der Waals surface area contributed by atoms with Gasteiger partial charge in [0.15, 0.2) is 11.0 Å². The Bertz CT molecular complexity index is 510. The van der Waals surface area contributed by atoms with Gasteiger partial charge in [0.05, 0.1) is 0 Å². The van der Waals surface area contributed by atoms with Gasteiger partial charge in [-0.3, -0.25) is 0 Å². The predicted molar refractivity (Wildman–Crippen MR) is 75.5 cm³/mol. The fourth-order valence-corrected chi connectivity index (χ4v) is 2.32. The van der Waals surface area contributed by atoms with Crippen LogP contribution in [0, 0.1) is 0 Å². The second kappa shape index (κ2) is 6.78. The third-order valence-electron chi connectivity index (χ3n) is 2.03. The Morgan fingerprint density at radius 2 is 1.89 bits per heavy atom. The zero-order valence-electron chi connectivity index (χ0n) is 9.31. The molecular formula is C11H10Cl2N4S. The van der Waals surface area contributed by atoms with Gasteiger partial charge < -0.3 is 5.32 Å². The van der Waals surface area contributed by atoms with Gasteiger partial charge >= 0.3 is 0 Å². The van der Waals surface area contributed by atoms with Crippen molar-refractivity contribution in [2.45, 2.75) is 4.90 Å². The molecule has 2 rings (SSSR count). The van der Waals surface area contributed by atoms with Crippen molar-refractivity contribution in [2.75, 3.05) is 17.6 Å². The van der Waals surface area contributed by atoms with Crippen molar-refractivity contribution < 1.29 is 0 Å². The quantitative estimate of drug-likeness (QED) is 0.677. The summed E-state index contributed by atoms with van der Waals surface area (Å²) in [5.41, 5.74) is 0. The molecule has 7 heteroatoms. The summed E-state index contributed by atoms with van der Waals surface area (Å²) in [6, 6.07) is 10.2. The number of nitrogens with one attached hydrogen (secondary N) is 1. The molecule has 0 amide bonds. The van der Waals surface area contributed by atoms with E-state index in [4.69, 9.17) is 23.2 Å². The number of halogens is 2. The lowest BCUT2D eigenvalue weighted by Gasteiger charge is -2.06. The molecule has 94 valence electrons. The second-order valence-corrected chi connectivity index (χ2v) is 5.17. The van der Waals surface area contributed by atoms with Crippen molar-refractivity contribution >= 4 is 40.8 Å². The van der Waals surface area contributed by atoms with E-state index in [0.29, 0.717) is 12.4 Å². The lowest BCUT2D eigenvalue weighted by atomic mass is 10.4. The summed E-state index contributed by atoms with van der Waals surface area (Å²) in [6.07, 6.45) is 0. The first kappa shape index (κ1) is 13.4. The number of thioether (sulfide) groups is 1. The highest BCUT2D eigenvalue weighted by atomic mass is 35.5. The average Bonchev–Trinajstić information content (AvgIpc) is 2.40. The third-order valence-corrected chi connectivity index (χ3v) is 3.45. The summed E-state index contributed by atoms with van der Waals surface area (Å²) >= 11 is 13.2. The van der Waals surface area contributed by atoms with Gasteiger partial charge in [-0.2, -0.15) is 4.98 Å². The molecule has 1 aromatic heterocycles. The highest BCUT2D eigenvalue weighted by Crippen LogP contribution is 2.19. The lowest BCUT2D eigenvalue weighted by molar-refractivity contribution is 0.964. The number of hydrogen-bond acceptors (Lipinski definition) is 5. The van der Waals surface area contributed by atoms with E-state index in [1.165, 1.54) is 4.90 Å². The maximum absolute atomic E-state index is 5.83. The highest BCUT2D eigenvalue weighted by Gasteiger charge is 2.04. The van der Waals surface area contributed by atoms with Gasteiger partial charge in [-0.15, -0.1) is 22.0 Å². The van der Waals surface area contributed by atoms with Crippen LogP contribution in [0.4, 0.5) is 5.82 Å². The molecule has 18 heavy (non-hydrogen) atoms. The minimum absolute atomic E-state index is 0.0811. The molecule has 1 aromatic carbocycles. The molecule has 0 bridgehead atoms. The number of rotatable bonds is 5. The summed E-state index contributed by atoms with van der Waals surface area (Å²) in [5.74, 6) is 1.35. The Hall–Kier alpha value is -1.04. The Morgan fingerprint density at radius 3 is 2.67 bits per heavy atom. The molecule has 0 aliphatic rings. The molecule has 1 heterocycles. The van der Waals surface area contributed by atoms with Crippen molar-refractivity contribution in [3.05, 3.63) is 40.8 Å². The zero-order chi connectivity index (χ0) is 12.8. The summed E-state index contributed by atoms with van der Waals surface area (Å²) in [7, 11) is 0. The van der Waals surface area contributed by atoms with Gasteiger partial charge in [0.25, 0.3) is 0 Å². The summed E-state index contributed by atoms with van der Waals surface area (Å²) in [6.45, 7) is 0.717. The molecule has 0 radical (unpaired) electrons. The van der Waals surface area contributed by atoms with Crippen LogP contribution in [-0.2, 0) is 0 Å². The maximum Gasteiger partial charge on any atom is 0.245 e. The predicted octanol–water partition coefficient (Wildman–Crippen LogP) is 3.38. The van der Waals surface area contributed by atoms with Crippen LogP contribution in [-0.4, -0.2) is 27.5 Å². The summed E-state index contributed by atoms with van der Waals surface area (Å²) in [5, 5.41) is 10.6. The molecule has 0 atom stereocenters. The maximum atomic E-state index is 5.83. The molecular weight excluding hydrogens is 291 g/mol. The largest absolute Gasteiger partial charge is 0.367 e. The van der Waals surface area contributed by atoms with E-state index in [2.05, 4.69) is 32.6 Å². The van der Waals surface area contributed by atoms with Crippen LogP contribution < -0.4 is 5.32 Å². The molecule has 0 spiro atoms.